The van der Waals surface area contributed by atoms with Gasteiger partial charge in [0, 0.05) is 18.6 Å². The number of nitrogens with one attached hydrogen (secondary N) is 2. The second-order valence-corrected chi connectivity index (χ2v) is 5.60. The quantitative estimate of drug-likeness (QED) is 0.560. The van der Waals surface area contributed by atoms with Crippen molar-refractivity contribution in [3.8, 4) is 0 Å². The summed E-state index contributed by atoms with van der Waals surface area (Å²) in [4.78, 5) is 35.7. The zero-order valence-corrected chi connectivity index (χ0v) is 11.7. The molecule has 3 atom stereocenters. The third kappa shape index (κ3) is 4.07. The lowest BCUT2D eigenvalue weighted by Gasteiger charge is -2.32. The second kappa shape index (κ2) is 6.75. The van der Waals surface area contributed by atoms with Gasteiger partial charge >= 0.3 is 18.0 Å². The minimum Gasteiger partial charge on any atom is -0.481 e. The van der Waals surface area contributed by atoms with E-state index >= 15 is 0 Å². The number of fused-ring (bicyclic) bond motifs is 1. The van der Waals surface area contributed by atoms with E-state index in [1.807, 2.05) is 0 Å². The minimum absolute atomic E-state index is 0.00423. The van der Waals surface area contributed by atoms with Crippen molar-refractivity contribution in [1.82, 2.24) is 15.5 Å². The van der Waals surface area contributed by atoms with Crippen molar-refractivity contribution in [2.45, 2.75) is 50.2 Å². The number of carboxylic acid groups (broad SMARTS) is 2. The highest BCUT2D eigenvalue weighted by atomic mass is 16.4. The molecule has 0 aromatic carbocycles. The number of carboxylic acids is 2. The van der Waals surface area contributed by atoms with Crippen molar-refractivity contribution in [2.75, 3.05) is 13.1 Å². The van der Waals surface area contributed by atoms with Crippen molar-refractivity contribution < 1.29 is 24.6 Å². The Hall–Kier alpha value is -1.83. The first kappa shape index (κ1) is 15.6. The number of aliphatic carboxylic acids is 2. The number of hydrogen-bond donors (Lipinski definition) is 4. The average molecular weight is 299 g/mol. The number of carbonyl (C=O) groups excluding carboxylic acids is 1. The van der Waals surface area contributed by atoms with Crippen molar-refractivity contribution >= 4 is 18.0 Å². The van der Waals surface area contributed by atoms with Crippen LogP contribution in [0.1, 0.15) is 32.1 Å². The topological polar surface area (TPSA) is 119 Å². The highest BCUT2D eigenvalue weighted by Gasteiger charge is 2.36. The summed E-state index contributed by atoms with van der Waals surface area (Å²) in [7, 11) is 0. The van der Waals surface area contributed by atoms with Gasteiger partial charge in [-0.2, -0.15) is 0 Å². The summed E-state index contributed by atoms with van der Waals surface area (Å²) in [6.45, 7) is 1.98. The first-order chi connectivity index (χ1) is 9.97. The van der Waals surface area contributed by atoms with E-state index in [-0.39, 0.29) is 6.04 Å². The van der Waals surface area contributed by atoms with Crippen LogP contribution in [0.15, 0.2) is 0 Å². The van der Waals surface area contributed by atoms with Crippen LogP contribution in [0.4, 0.5) is 4.79 Å². The molecule has 2 aliphatic heterocycles. The standard InChI is InChI=1S/C13H21N3O5/c17-11(18)7-9(12(19)20)15-13(21)14-8-4-6-16-5-2-1-3-10(8)16/h8-10H,1-7H2,(H,17,18)(H,19,20)(H2,14,15,21)/t8?,9-,10?/m1/s1. The summed E-state index contributed by atoms with van der Waals surface area (Å²) in [5, 5.41) is 22.6. The molecule has 118 valence electrons. The van der Waals surface area contributed by atoms with Crippen LogP contribution in [0, 0.1) is 0 Å². The summed E-state index contributed by atoms with van der Waals surface area (Å²) < 4.78 is 0. The van der Waals surface area contributed by atoms with Crippen LogP contribution in [-0.4, -0.2) is 64.3 Å². The van der Waals surface area contributed by atoms with Gasteiger partial charge in [0.25, 0.3) is 0 Å². The molecular formula is C13H21N3O5. The van der Waals surface area contributed by atoms with Gasteiger partial charge in [0.05, 0.1) is 6.42 Å². The Morgan fingerprint density at radius 2 is 1.90 bits per heavy atom. The maximum atomic E-state index is 11.9. The van der Waals surface area contributed by atoms with Crippen LogP contribution in [0.2, 0.25) is 0 Å². The van der Waals surface area contributed by atoms with E-state index in [1.54, 1.807) is 0 Å². The van der Waals surface area contributed by atoms with E-state index in [0.717, 1.165) is 32.4 Å². The number of amides is 2. The van der Waals surface area contributed by atoms with Gasteiger partial charge in [0.2, 0.25) is 0 Å². The van der Waals surface area contributed by atoms with Gasteiger partial charge in [-0.05, 0) is 25.8 Å². The molecule has 0 saturated carbocycles. The Bertz CT molecular complexity index is 428. The molecule has 2 amide bonds. The Kier molecular flexibility index (Phi) is 5.00. The molecule has 2 aliphatic rings. The molecule has 0 spiro atoms. The van der Waals surface area contributed by atoms with Gasteiger partial charge in [-0.25, -0.2) is 9.59 Å². The fourth-order valence-corrected chi connectivity index (χ4v) is 3.16. The predicted molar refractivity (Wildman–Crippen MR) is 73.0 cm³/mol. The van der Waals surface area contributed by atoms with Crippen molar-refractivity contribution in [1.29, 1.82) is 0 Å². The smallest absolute Gasteiger partial charge is 0.326 e. The molecule has 8 nitrogen and oxygen atoms in total. The monoisotopic (exact) mass is 299 g/mol. The summed E-state index contributed by atoms with van der Waals surface area (Å²) in [5.74, 6) is -2.61. The van der Waals surface area contributed by atoms with Gasteiger partial charge in [-0.3, -0.25) is 9.69 Å². The normalized spacial score (nSPS) is 26.7. The molecule has 21 heavy (non-hydrogen) atoms. The highest BCUT2D eigenvalue weighted by molar-refractivity contribution is 5.86. The van der Waals surface area contributed by atoms with E-state index in [0.29, 0.717) is 6.04 Å². The Balaban J connectivity index is 1.86. The number of hydrogen-bond acceptors (Lipinski definition) is 4. The van der Waals surface area contributed by atoms with E-state index < -0.39 is 30.4 Å². The summed E-state index contributed by atoms with van der Waals surface area (Å²) in [6, 6.07) is -1.70. The largest absolute Gasteiger partial charge is 0.481 e. The Morgan fingerprint density at radius 3 is 2.57 bits per heavy atom. The lowest BCUT2D eigenvalue weighted by Crippen LogP contribution is -2.53. The van der Waals surface area contributed by atoms with Crippen LogP contribution >= 0.6 is 0 Å². The fraction of sp³-hybridized carbons (Fsp3) is 0.769. The molecule has 0 aromatic heterocycles. The van der Waals surface area contributed by atoms with E-state index in [2.05, 4.69) is 15.5 Å². The van der Waals surface area contributed by atoms with E-state index in [4.69, 9.17) is 10.2 Å². The molecule has 0 radical (unpaired) electrons. The van der Waals surface area contributed by atoms with Crippen LogP contribution in [0.3, 0.4) is 0 Å². The number of carbonyl (C=O) groups is 3. The minimum atomic E-state index is -1.41. The van der Waals surface area contributed by atoms with E-state index in [9.17, 15) is 14.4 Å². The first-order valence-electron chi connectivity index (χ1n) is 7.23. The van der Waals surface area contributed by atoms with Crippen LogP contribution in [-0.2, 0) is 9.59 Å². The van der Waals surface area contributed by atoms with Gasteiger partial charge in [-0.1, -0.05) is 6.42 Å². The SMILES string of the molecule is O=C(O)C[C@@H](NC(=O)NC1CCN2CCCCC12)C(=O)O. The van der Waals surface area contributed by atoms with Gasteiger partial charge in [0.15, 0.2) is 0 Å². The lowest BCUT2D eigenvalue weighted by molar-refractivity contribution is -0.145. The number of nitrogens with zero attached hydrogens (tertiary/aromatic N) is 1. The summed E-state index contributed by atoms with van der Waals surface area (Å²) in [6.07, 6.45) is 3.55. The van der Waals surface area contributed by atoms with Gasteiger partial charge < -0.3 is 20.8 Å². The third-order valence-electron chi connectivity index (χ3n) is 4.15. The molecule has 4 N–H and O–H groups in total. The maximum Gasteiger partial charge on any atom is 0.326 e. The van der Waals surface area contributed by atoms with Crippen molar-refractivity contribution in [3.63, 3.8) is 0 Å². The number of piperidine rings is 1. The average Bonchev–Trinajstić information content (AvgIpc) is 2.81. The first-order valence-corrected chi connectivity index (χ1v) is 7.23. The van der Waals surface area contributed by atoms with Crippen molar-refractivity contribution in [2.24, 2.45) is 0 Å². The predicted octanol–water partition coefficient (Wildman–Crippen LogP) is -0.160. The zero-order valence-electron chi connectivity index (χ0n) is 11.7. The molecule has 2 fully saturated rings. The molecule has 8 heteroatoms. The Labute approximate surface area is 122 Å². The molecule has 0 bridgehead atoms. The molecule has 2 heterocycles. The Morgan fingerprint density at radius 1 is 1.14 bits per heavy atom. The molecular weight excluding hydrogens is 278 g/mol. The molecule has 2 rings (SSSR count). The van der Waals surface area contributed by atoms with Crippen LogP contribution < -0.4 is 10.6 Å². The number of rotatable bonds is 5. The van der Waals surface area contributed by atoms with E-state index in [1.165, 1.54) is 6.42 Å². The van der Waals surface area contributed by atoms with Crippen LogP contribution in [0.5, 0.6) is 0 Å². The lowest BCUT2D eigenvalue weighted by atomic mass is 9.99. The maximum absolute atomic E-state index is 11.9. The molecule has 2 saturated heterocycles. The zero-order chi connectivity index (χ0) is 15.4. The summed E-state index contributed by atoms with van der Waals surface area (Å²) >= 11 is 0. The molecule has 0 aliphatic carbocycles. The fourth-order valence-electron chi connectivity index (χ4n) is 3.16. The van der Waals surface area contributed by atoms with Crippen LogP contribution in [0.25, 0.3) is 0 Å². The van der Waals surface area contributed by atoms with Gasteiger partial charge in [-0.15, -0.1) is 0 Å². The molecule has 2 unspecified atom stereocenters. The number of urea groups is 1. The summed E-state index contributed by atoms with van der Waals surface area (Å²) in [5.41, 5.74) is 0. The van der Waals surface area contributed by atoms with Gasteiger partial charge in [0.1, 0.15) is 6.04 Å². The second-order valence-electron chi connectivity index (χ2n) is 5.60. The third-order valence-corrected chi connectivity index (χ3v) is 4.15. The highest BCUT2D eigenvalue weighted by Crippen LogP contribution is 2.26. The van der Waals surface area contributed by atoms with Crippen molar-refractivity contribution in [3.05, 3.63) is 0 Å². The molecule has 0 aromatic rings.